The fourth-order valence-electron chi connectivity index (χ4n) is 3.24. The third-order valence-corrected chi connectivity index (χ3v) is 5.00. The van der Waals surface area contributed by atoms with E-state index >= 15 is 0 Å². The molecule has 0 spiro atoms. The van der Waals surface area contributed by atoms with Crippen molar-refractivity contribution in [1.82, 2.24) is 10.2 Å². The number of ether oxygens (including phenoxy) is 1. The molecule has 0 atom stereocenters. The molecule has 2 rings (SSSR count). The fourth-order valence-corrected chi connectivity index (χ4v) is 3.24. The molecule has 1 aliphatic heterocycles. The highest BCUT2D eigenvalue weighted by Gasteiger charge is 2.36. The Balaban J connectivity index is 2.00. The number of methoxy groups -OCH3 is 1. The van der Waals surface area contributed by atoms with Gasteiger partial charge < -0.3 is 15.0 Å². The van der Waals surface area contributed by atoms with Crippen LogP contribution in [-0.2, 0) is 16.1 Å². The van der Waals surface area contributed by atoms with Gasteiger partial charge in [0.2, 0.25) is 5.91 Å². The van der Waals surface area contributed by atoms with Crippen LogP contribution in [0.1, 0.15) is 33.3 Å². The van der Waals surface area contributed by atoms with Crippen molar-refractivity contribution in [2.24, 2.45) is 5.92 Å². The number of nitrogens with one attached hydrogen (secondary N) is 1. The lowest BCUT2D eigenvalue weighted by Crippen LogP contribution is -2.61. The molecule has 0 aliphatic carbocycles. The molecule has 0 saturated carbocycles. The van der Waals surface area contributed by atoms with E-state index in [1.807, 2.05) is 30.9 Å². The first-order valence-corrected chi connectivity index (χ1v) is 9.32. The second-order valence-electron chi connectivity index (χ2n) is 7.82. The summed E-state index contributed by atoms with van der Waals surface area (Å²) < 4.78 is 19.7. The third kappa shape index (κ3) is 4.74. The van der Waals surface area contributed by atoms with Crippen LogP contribution in [0.2, 0.25) is 0 Å². The molecule has 1 aromatic rings. The van der Waals surface area contributed by atoms with Crippen LogP contribution >= 0.6 is 0 Å². The molecule has 0 bridgehead atoms. The van der Waals surface area contributed by atoms with Gasteiger partial charge in [0.1, 0.15) is 0 Å². The molecule has 1 saturated heterocycles. The maximum Gasteiger partial charge on any atom is 0.239 e. The van der Waals surface area contributed by atoms with Crippen LogP contribution in [0, 0.1) is 11.7 Å². The molecule has 5 nitrogen and oxygen atoms in total. The van der Waals surface area contributed by atoms with Gasteiger partial charge in [-0.1, -0.05) is 26.0 Å². The zero-order valence-corrected chi connectivity index (χ0v) is 16.6. The summed E-state index contributed by atoms with van der Waals surface area (Å²) in [6.45, 7) is 11.8. The van der Waals surface area contributed by atoms with Gasteiger partial charge in [-0.25, -0.2) is 4.39 Å². The van der Waals surface area contributed by atoms with Crippen molar-refractivity contribution in [3.63, 3.8) is 0 Å². The number of carbonyl (C=O) groups is 1. The van der Waals surface area contributed by atoms with E-state index in [0.717, 1.165) is 13.1 Å². The number of amides is 1. The van der Waals surface area contributed by atoms with Crippen molar-refractivity contribution in [1.29, 1.82) is 0 Å². The molecule has 1 aromatic carbocycles. The summed E-state index contributed by atoms with van der Waals surface area (Å²) in [6, 6.07) is 5.42. The second kappa shape index (κ2) is 8.82. The summed E-state index contributed by atoms with van der Waals surface area (Å²) in [5.41, 5.74) is 0.610. The highest BCUT2D eigenvalue weighted by atomic mass is 19.1. The summed E-state index contributed by atoms with van der Waals surface area (Å²) in [4.78, 5) is 16.8. The van der Waals surface area contributed by atoms with E-state index in [-0.39, 0.29) is 18.3 Å². The van der Waals surface area contributed by atoms with Gasteiger partial charge in [0.25, 0.3) is 0 Å². The molecule has 1 fully saturated rings. The van der Waals surface area contributed by atoms with Gasteiger partial charge >= 0.3 is 0 Å². The Morgan fingerprint density at radius 2 is 1.92 bits per heavy atom. The van der Waals surface area contributed by atoms with Gasteiger partial charge in [-0.15, -0.1) is 0 Å². The molecular weight excluding hydrogens is 333 g/mol. The monoisotopic (exact) mass is 365 g/mol. The van der Waals surface area contributed by atoms with Crippen molar-refractivity contribution in [2.45, 2.75) is 39.8 Å². The van der Waals surface area contributed by atoms with E-state index in [2.05, 4.69) is 24.1 Å². The first kappa shape index (κ1) is 20.6. The van der Waals surface area contributed by atoms with Crippen molar-refractivity contribution in [3.8, 4) is 0 Å². The average Bonchev–Trinajstić information content (AvgIpc) is 2.61. The van der Waals surface area contributed by atoms with Gasteiger partial charge in [-0.2, -0.15) is 0 Å². The number of hydrogen-bond donors (Lipinski definition) is 1. The highest BCUT2D eigenvalue weighted by Crippen LogP contribution is 2.26. The van der Waals surface area contributed by atoms with E-state index in [1.54, 1.807) is 13.2 Å². The Bertz CT molecular complexity index is 611. The van der Waals surface area contributed by atoms with Crippen LogP contribution in [0.5, 0.6) is 0 Å². The van der Waals surface area contributed by atoms with Crippen molar-refractivity contribution < 1.29 is 13.9 Å². The van der Waals surface area contributed by atoms with Gasteiger partial charge in [-0.05, 0) is 25.8 Å². The standard InChI is InChI=1S/C20H32FN3O2/c1-15(2)13-22-19(25)20(3,4)24-11-9-23(10-12-24)17-8-6-7-16(14-26-5)18(17)21/h6-8,15H,9-14H2,1-5H3,(H,22,25). The average molecular weight is 365 g/mol. The molecule has 0 radical (unpaired) electrons. The Morgan fingerprint density at radius 1 is 1.27 bits per heavy atom. The number of anilines is 1. The molecule has 1 aliphatic rings. The van der Waals surface area contributed by atoms with Crippen LogP contribution in [-0.4, -0.2) is 56.2 Å². The summed E-state index contributed by atoms with van der Waals surface area (Å²) in [5, 5.41) is 3.03. The Morgan fingerprint density at radius 3 is 2.50 bits per heavy atom. The largest absolute Gasteiger partial charge is 0.380 e. The van der Waals surface area contributed by atoms with E-state index in [1.165, 1.54) is 0 Å². The molecule has 1 N–H and O–H groups in total. The van der Waals surface area contributed by atoms with Gasteiger partial charge in [-0.3, -0.25) is 9.69 Å². The molecule has 146 valence electrons. The summed E-state index contributed by atoms with van der Waals surface area (Å²) >= 11 is 0. The molecule has 6 heteroatoms. The summed E-state index contributed by atoms with van der Waals surface area (Å²) in [6.07, 6.45) is 0. The molecule has 1 amide bonds. The lowest BCUT2D eigenvalue weighted by atomic mass is 9.99. The molecule has 1 heterocycles. The van der Waals surface area contributed by atoms with Crippen LogP contribution in [0.4, 0.5) is 10.1 Å². The number of carbonyl (C=O) groups excluding carboxylic acids is 1. The zero-order valence-electron chi connectivity index (χ0n) is 16.6. The number of piperazine rings is 1. The highest BCUT2D eigenvalue weighted by molar-refractivity contribution is 5.85. The number of rotatable bonds is 7. The zero-order chi connectivity index (χ0) is 19.3. The predicted molar refractivity (Wildman–Crippen MR) is 103 cm³/mol. The SMILES string of the molecule is COCc1cccc(N2CCN(C(C)(C)C(=O)NCC(C)C)CC2)c1F. The second-order valence-corrected chi connectivity index (χ2v) is 7.82. The van der Waals surface area contributed by atoms with Gasteiger partial charge in [0.15, 0.2) is 5.82 Å². The molecular formula is C20H32FN3O2. The predicted octanol–water partition coefficient (Wildman–Crippen LogP) is 2.64. The molecule has 26 heavy (non-hydrogen) atoms. The Labute approximate surface area is 156 Å². The van der Waals surface area contributed by atoms with E-state index in [4.69, 9.17) is 4.74 Å². The van der Waals surface area contributed by atoms with Crippen LogP contribution in [0.3, 0.4) is 0 Å². The van der Waals surface area contributed by atoms with E-state index in [0.29, 0.717) is 36.8 Å². The third-order valence-electron chi connectivity index (χ3n) is 5.00. The Hall–Kier alpha value is -1.66. The van der Waals surface area contributed by atoms with E-state index in [9.17, 15) is 9.18 Å². The van der Waals surface area contributed by atoms with Crippen LogP contribution in [0.25, 0.3) is 0 Å². The minimum Gasteiger partial charge on any atom is -0.380 e. The number of halogens is 1. The molecule has 0 unspecified atom stereocenters. The minimum atomic E-state index is -0.572. The number of hydrogen-bond acceptors (Lipinski definition) is 4. The van der Waals surface area contributed by atoms with Gasteiger partial charge in [0, 0.05) is 45.4 Å². The van der Waals surface area contributed by atoms with Crippen molar-refractivity contribution in [3.05, 3.63) is 29.6 Å². The maximum absolute atomic E-state index is 14.7. The first-order chi connectivity index (χ1) is 12.3. The van der Waals surface area contributed by atoms with Crippen molar-refractivity contribution >= 4 is 11.6 Å². The van der Waals surface area contributed by atoms with Crippen molar-refractivity contribution in [2.75, 3.05) is 44.7 Å². The smallest absolute Gasteiger partial charge is 0.239 e. The van der Waals surface area contributed by atoms with Gasteiger partial charge in [0.05, 0.1) is 17.8 Å². The lowest BCUT2D eigenvalue weighted by molar-refractivity contribution is -0.132. The minimum absolute atomic E-state index is 0.0490. The van der Waals surface area contributed by atoms with Crippen LogP contribution in [0.15, 0.2) is 18.2 Å². The lowest BCUT2D eigenvalue weighted by Gasteiger charge is -2.43. The first-order valence-electron chi connectivity index (χ1n) is 9.32. The summed E-state index contributed by atoms with van der Waals surface area (Å²) in [5.74, 6) is 0.263. The van der Waals surface area contributed by atoms with Crippen LogP contribution < -0.4 is 10.2 Å². The Kier molecular flexibility index (Phi) is 7.01. The topological polar surface area (TPSA) is 44.8 Å². The van der Waals surface area contributed by atoms with E-state index < -0.39 is 5.54 Å². The molecule has 0 aromatic heterocycles. The number of nitrogens with zero attached hydrogens (tertiary/aromatic N) is 2. The summed E-state index contributed by atoms with van der Waals surface area (Å²) in [7, 11) is 1.57. The fraction of sp³-hybridized carbons (Fsp3) is 0.650. The quantitative estimate of drug-likeness (QED) is 0.807. The maximum atomic E-state index is 14.7. The number of benzene rings is 1. The normalized spacial score (nSPS) is 16.2.